The lowest BCUT2D eigenvalue weighted by Crippen LogP contribution is -2.45. The second-order valence-corrected chi connectivity index (χ2v) is 7.82. The molecule has 2 atom stereocenters. The standard InChI is InChI=1S/C22H22O9/c1-8-18(29-11(4)25)16(10(3)24)20-17(19(8)30-12(5)26)22(6)14(31-20)7-13(27)15(9(2)23)21(22)28/h14,28H,7H2,1-6H3/t14-,22+/m1/s1. The van der Waals surface area contributed by atoms with Gasteiger partial charge in [0.1, 0.15) is 28.9 Å². The van der Waals surface area contributed by atoms with E-state index < -0.39 is 46.6 Å². The largest absolute Gasteiger partial charge is 0.510 e. The number of allylic oxidation sites excluding steroid dienone is 1. The van der Waals surface area contributed by atoms with Crippen LogP contribution in [0.4, 0.5) is 0 Å². The van der Waals surface area contributed by atoms with Crippen LogP contribution in [-0.4, -0.2) is 40.5 Å². The summed E-state index contributed by atoms with van der Waals surface area (Å²) in [6.07, 6.45) is -1.22. The quantitative estimate of drug-likeness (QED) is 0.331. The van der Waals surface area contributed by atoms with E-state index in [0.717, 1.165) is 20.8 Å². The summed E-state index contributed by atoms with van der Waals surface area (Å²) in [6.45, 7) is 7.73. The van der Waals surface area contributed by atoms with Crippen LogP contribution in [0.3, 0.4) is 0 Å². The summed E-state index contributed by atoms with van der Waals surface area (Å²) in [4.78, 5) is 60.7. The minimum atomic E-state index is -1.46. The average Bonchev–Trinajstić information content (AvgIpc) is 2.90. The summed E-state index contributed by atoms with van der Waals surface area (Å²) in [7, 11) is 0. The summed E-state index contributed by atoms with van der Waals surface area (Å²) in [5.74, 6) is -3.95. The van der Waals surface area contributed by atoms with Gasteiger partial charge in [-0.1, -0.05) is 0 Å². The topological polar surface area (TPSA) is 133 Å². The zero-order valence-corrected chi connectivity index (χ0v) is 18.0. The molecule has 1 aromatic carbocycles. The van der Waals surface area contributed by atoms with Gasteiger partial charge in [-0.25, -0.2) is 0 Å². The third-order valence-corrected chi connectivity index (χ3v) is 5.59. The van der Waals surface area contributed by atoms with E-state index in [0.29, 0.717) is 0 Å². The predicted octanol–water partition coefficient (Wildman–Crippen LogP) is 2.44. The first-order valence-electron chi connectivity index (χ1n) is 9.55. The fourth-order valence-corrected chi connectivity index (χ4v) is 4.22. The Balaban J connectivity index is 2.48. The maximum Gasteiger partial charge on any atom is 0.308 e. The average molecular weight is 430 g/mol. The molecule has 2 aliphatic rings. The van der Waals surface area contributed by atoms with E-state index in [-0.39, 0.29) is 45.9 Å². The number of esters is 2. The van der Waals surface area contributed by atoms with E-state index >= 15 is 0 Å². The molecule has 9 heteroatoms. The molecule has 0 spiro atoms. The number of ether oxygens (including phenoxy) is 3. The van der Waals surface area contributed by atoms with Crippen molar-refractivity contribution < 1.29 is 43.3 Å². The Kier molecular flexibility index (Phi) is 5.25. The first-order chi connectivity index (χ1) is 14.3. The normalized spacial score (nSPS) is 21.7. The Morgan fingerprint density at radius 3 is 2.03 bits per heavy atom. The Bertz CT molecular complexity index is 1110. The molecule has 31 heavy (non-hydrogen) atoms. The van der Waals surface area contributed by atoms with Crippen molar-refractivity contribution in [3.8, 4) is 17.2 Å². The zero-order valence-electron chi connectivity index (χ0n) is 18.0. The number of fused-ring (bicyclic) bond motifs is 3. The lowest BCUT2D eigenvalue weighted by molar-refractivity contribution is -0.132. The molecule has 9 nitrogen and oxygen atoms in total. The van der Waals surface area contributed by atoms with Gasteiger partial charge in [0.25, 0.3) is 0 Å². The summed E-state index contributed by atoms with van der Waals surface area (Å²) in [5, 5.41) is 11.0. The maximum atomic E-state index is 12.5. The van der Waals surface area contributed by atoms with Gasteiger partial charge in [-0.2, -0.15) is 0 Å². The summed E-state index contributed by atoms with van der Waals surface area (Å²) in [6, 6.07) is 0. The van der Waals surface area contributed by atoms with E-state index in [1.165, 1.54) is 20.8 Å². The lowest BCUT2D eigenvalue weighted by Gasteiger charge is -2.35. The first-order valence-corrected chi connectivity index (χ1v) is 9.55. The molecular formula is C22H22O9. The molecule has 1 aliphatic carbocycles. The molecule has 0 aromatic heterocycles. The number of rotatable bonds is 4. The van der Waals surface area contributed by atoms with Crippen LogP contribution in [0.5, 0.6) is 17.2 Å². The van der Waals surface area contributed by atoms with E-state index in [4.69, 9.17) is 14.2 Å². The Morgan fingerprint density at radius 1 is 1.00 bits per heavy atom. The Labute approximate surface area is 178 Å². The molecule has 0 fully saturated rings. The number of ketones is 3. The monoisotopic (exact) mass is 430 g/mol. The van der Waals surface area contributed by atoms with Crippen molar-refractivity contribution in [2.45, 2.75) is 59.5 Å². The number of aliphatic hydroxyl groups is 1. The third kappa shape index (κ3) is 3.20. The number of hydrogen-bond acceptors (Lipinski definition) is 9. The Morgan fingerprint density at radius 2 is 1.55 bits per heavy atom. The molecule has 0 saturated heterocycles. The van der Waals surface area contributed by atoms with Crippen LogP contribution in [0.15, 0.2) is 11.3 Å². The number of hydrogen-bond donors (Lipinski definition) is 1. The number of carbonyl (C=O) groups is 5. The van der Waals surface area contributed by atoms with Crippen molar-refractivity contribution in [2.75, 3.05) is 0 Å². The molecule has 1 aliphatic heterocycles. The zero-order chi connectivity index (χ0) is 23.4. The SMILES string of the molecule is CC(=O)Oc1c(C)c(OC(C)=O)c2c(c1C(C)=O)O[C@@H]1CC(=O)C(C(C)=O)=C(O)[C@]21C. The van der Waals surface area contributed by atoms with Crippen molar-refractivity contribution in [2.24, 2.45) is 0 Å². The maximum absolute atomic E-state index is 12.5. The molecule has 0 amide bonds. The van der Waals surface area contributed by atoms with E-state index in [2.05, 4.69) is 0 Å². The molecule has 164 valence electrons. The van der Waals surface area contributed by atoms with Crippen LogP contribution in [0.1, 0.15) is 62.5 Å². The molecule has 1 aromatic rings. The third-order valence-electron chi connectivity index (χ3n) is 5.59. The summed E-state index contributed by atoms with van der Waals surface area (Å²) >= 11 is 0. The summed E-state index contributed by atoms with van der Waals surface area (Å²) < 4.78 is 16.6. The van der Waals surface area contributed by atoms with Crippen molar-refractivity contribution in [3.05, 3.63) is 28.0 Å². The minimum Gasteiger partial charge on any atom is -0.510 e. The first kappa shape index (κ1) is 22.2. The van der Waals surface area contributed by atoms with Crippen LogP contribution in [0.25, 0.3) is 0 Å². The van der Waals surface area contributed by atoms with Gasteiger partial charge in [0, 0.05) is 25.8 Å². The van der Waals surface area contributed by atoms with Gasteiger partial charge < -0.3 is 19.3 Å². The minimum absolute atomic E-state index is 0.0674. The second-order valence-electron chi connectivity index (χ2n) is 7.82. The van der Waals surface area contributed by atoms with Crippen molar-refractivity contribution in [1.82, 2.24) is 0 Å². The van der Waals surface area contributed by atoms with E-state index in [1.807, 2.05) is 0 Å². The second kappa shape index (κ2) is 7.33. The van der Waals surface area contributed by atoms with Gasteiger partial charge in [-0.05, 0) is 27.7 Å². The van der Waals surface area contributed by atoms with Crippen LogP contribution in [-0.2, 0) is 24.6 Å². The molecule has 0 unspecified atom stereocenters. The predicted molar refractivity (Wildman–Crippen MR) is 106 cm³/mol. The fourth-order valence-electron chi connectivity index (χ4n) is 4.22. The number of carbonyl (C=O) groups excluding carboxylic acids is 5. The van der Waals surface area contributed by atoms with Gasteiger partial charge in [0.2, 0.25) is 0 Å². The molecule has 1 heterocycles. The highest BCUT2D eigenvalue weighted by molar-refractivity contribution is 6.21. The van der Waals surface area contributed by atoms with Gasteiger partial charge in [0.05, 0.1) is 16.6 Å². The van der Waals surface area contributed by atoms with E-state index in [9.17, 15) is 29.1 Å². The van der Waals surface area contributed by atoms with Crippen molar-refractivity contribution in [1.29, 1.82) is 0 Å². The van der Waals surface area contributed by atoms with Crippen LogP contribution in [0.2, 0.25) is 0 Å². The molecule has 0 radical (unpaired) electrons. The fraction of sp³-hybridized carbons (Fsp3) is 0.409. The van der Waals surface area contributed by atoms with E-state index in [1.54, 1.807) is 0 Å². The molecule has 1 N–H and O–H groups in total. The highest BCUT2D eigenvalue weighted by Crippen LogP contribution is 2.59. The number of aliphatic hydroxyl groups excluding tert-OH is 1. The smallest absolute Gasteiger partial charge is 0.308 e. The molecule has 0 saturated carbocycles. The van der Waals surface area contributed by atoms with Gasteiger partial charge in [0.15, 0.2) is 23.1 Å². The van der Waals surface area contributed by atoms with Crippen LogP contribution < -0.4 is 14.2 Å². The van der Waals surface area contributed by atoms with Crippen LogP contribution >= 0.6 is 0 Å². The van der Waals surface area contributed by atoms with Crippen molar-refractivity contribution in [3.63, 3.8) is 0 Å². The summed E-state index contributed by atoms with van der Waals surface area (Å²) in [5.41, 5.74) is -1.61. The van der Waals surface area contributed by atoms with Crippen LogP contribution in [0, 0.1) is 6.92 Å². The Hall–Kier alpha value is -3.49. The van der Waals surface area contributed by atoms with Gasteiger partial charge in [-0.3, -0.25) is 24.0 Å². The number of Topliss-reactive ketones (excluding diaryl/α,β-unsaturated/α-hetero) is 3. The molecule has 3 rings (SSSR count). The van der Waals surface area contributed by atoms with Crippen molar-refractivity contribution >= 4 is 29.3 Å². The van der Waals surface area contributed by atoms with Gasteiger partial charge in [-0.15, -0.1) is 0 Å². The van der Waals surface area contributed by atoms with Gasteiger partial charge >= 0.3 is 11.9 Å². The number of benzene rings is 1. The lowest BCUT2D eigenvalue weighted by atomic mass is 9.68. The highest BCUT2D eigenvalue weighted by Gasteiger charge is 2.58. The molecule has 0 bridgehead atoms. The molecular weight excluding hydrogens is 408 g/mol. The highest BCUT2D eigenvalue weighted by atomic mass is 16.6.